The average Bonchev–Trinajstić information content (AvgIpc) is 2.76. The van der Waals surface area contributed by atoms with Crippen LogP contribution in [0.1, 0.15) is 69.7 Å². The Bertz CT molecular complexity index is 679. The minimum Gasteiger partial charge on any atom is -0.479 e. The predicted octanol–water partition coefficient (Wildman–Crippen LogP) is 4.56. The van der Waals surface area contributed by atoms with Crippen LogP contribution >= 0.6 is 11.6 Å². The molecular weight excluding hydrogens is 422 g/mol. The Balaban J connectivity index is 2.57. The van der Waals surface area contributed by atoms with Crippen LogP contribution in [0.15, 0.2) is 24.3 Å². The van der Waals surface area contributed by atoms with Crippen molar-refractivity contribution in [3.63, 3.8) is 0 Å². The summed E-state index contributed by atoms with van der Waals surface area (Å²) in [6.45, 7) is 6.70. The van der Waals surface area contributed by atoms with Crippen molar-refractivity contribution in [3.8, 4) is 5.75 Å². The van der Waals surface area contributed by atoms with Gasteiger partial charge in [0.2, 0.25) is 0 Å². The molecule has 0 saturated heterocycles. The monoisotopic (exact) mass is 455 g/mol. The lowest BCUT2D eigenvalue weighted by Crippen LogP contribution is -2.31. The van der Waals surface area contributed by atoms with E-state index >= 15 is 0 Å². The second-order valence-corrected chi connectivity index (χ2v) is 7.21. The van der Waals surface area contributed by atoms with Gasteiger partial charge < -0.3 is 19.1 Å². The quantitative estimate of drug-likeness (QED) is 0.167. The third-order valence-corrected chi connectivity index (χ3v) is 4.81. The van der Waals surface area contributed by atoms with Crippen LogP contribution in [0.4, 0.5) is 0 Å². The lowest BCUT2D eigenvalue weighted by atomic mass is 10.1. The maximum atomic E-state index is 12.7. The van der Waals surface area contributed by atoms with Gasteiger partial charge in [-0.25, -0.2) is 4.79 Å². The number of nitrogens with zero attached hydrogens (tertiary/aromatic N) is 1. The third-order valence-electron chi connectivity index (χ3n) is 4.53. The molecule has 1 aromatic carbocycles. The summed E-state index contributed by atoms with van der Waals surface area (Å²) < 4.78 is 15.7. The number of amides is 1. The van der Waals surface area contributed by atoms with Crippen LogP contribution in [0.25, 0.3) is 0 Å². The molecule has 8 heteroatoms. The number of benzene rings is 1. The zero-order valence-electron chi connectivity index (χ0n) is 18.7. The molecule has 0 fully saturated rings. The van der Waals surface area contributed by atoms with E-state index in [9.17, 15) is 14.4 Å². The van der Waals surface area contributed by atoms with Crippen LogP contribution in [0, 0.1) is 0 Å². The Morgan fingerprint density at radius 1 is 0.968 bits per heavy atom. The highest BCUT2D eigenvalue weighted by atomic mass is 35.5. The molecule has 1 aromatic rings. The fourth-order valence-electron chi connectivity index (χ4n) is 2.94. The van der Waals surface area contributed by atoms with E-state index in [1.54, 1.807) is 43.0 Å². The molecule has 1 unspecified atom stereocenters. The molecule has 1 amide bonds. The Morgan fingerprint density at radius 2 is 1.65 bits per heavy atom. The Kier molecular flexibility index (Phi) is 13.4. The number of rotatable bonds is 15. The minimum atomic E-state index is -0.666. The fourth-order valence-corrected chi connectivity index (χ4v) is 3.17. The summed E-state index contributed by atoms with van der Waals surface area (Å²) in [4.78, 5) is 37.6. The van der Waals surface area contributed by atoms with Crippen molar-refractivity contribution in [2.75, 3.05) is 25.8 Å². The van der Waals surface area contributed by atoms with Crippen molar-refractivity contribution in [1.82, 2.24) is 4.90 Å². The topological polar surface area (TPSA) is 82.1 Å². The number of alkyl halides is 1. The van der Waals surface area contributed by atoms with Gasteiger partial charge in [-0.05, 0) is 57.4 Å². The number of carbonyl (C=O) groups is 3. The Morgan fingerprint density at radius 3 is 2.23 bits per heavy atom. The molecule has 0 N–H and O–H groups in total. The lowest BCUT2D eigenvalue weighted by molar-refractivity contribution is -0.151. The molecule has 0 aromatic heterocycles. The summed E-state index contributed by atoms with van der Waals surface area (Å²) in [7, 11) is 0. The minimum absolute atomic E-state index is 0.0798. The van der Waals surface area contributed by atoms with E-state index in [4.69, 9.17) is 25.8 Å². The zero-order chi connectivity index (χ0) is 23.1. The van der Waals surface area contributed by atoms with Gasteiger partial charge in [0.15, 0.2) is 6.10 Å². The second-order valence-electron chi connectivity index (χ2n) is 6.98. The van der Waals surface area contributed by atoms with Crippen molar-refractivity contribution >= 4 is 29.4 Å². The van der Waals surface area contributed by atoms with Gasteiger partial charge in [0, 0.05) is 18.5 Å². The molecule has 1 atom stereocenters. The van der Waals surface area contributed by atoms with Crippen molar-refractivity contribution in [3.05, 3.63) is 29.8 Å². The van der Waals surface area contributed by atoms with Gasteiger partial charge in [0.05, 0.1) is 19.2 Å². The van der Waals surface area contributed by atoms with E-state index in [-0.39, 0.29) is 23.8 Å². The number of unbranched alkanes of at least 4 members (excludes halogenated alkanes) is 2. The highest BCUT2D eigenvalue weighted by molar-refractivity contribution is 6.19. The predicted molar refractivity (Wildman–Crippen MR) is 119 cm³/mol. The van der Waals surface area contributed by atoms with Crippen molar-refractivity contribution < 1.29 is 28.6 Å². The molecule has 1 rings (SSSR count). The Labute approximate surface area is 190 Å². The molecule has 0 saturated carbocycles. The molecule has 0 aliphatic rings. The molecular formula is C23H34ClNO6. The van der Waals surface area contributed by atoms with E-state index in [0.717, 1.165) is 19.3 Å². The normalized spacial score (nSPS) is 11.5. The fraction of sp³-hybridized carbons (Fsp3) is 0.609. The van der Waals surface area contributed by atoms with E-state index in [1.165, 1.54) is 0 Å². The molecule has 0 aliphatic carbocycles. The number of ether oxygens (including phenoxy) is 3. The second kappa shape index (κ2) is 15.5. The first-order valence-electron chi connectivity index (χ1n) is 10.9. The molecule has 174 valence electrons. The highest BCUT2D eigenvalue weighted by Crippen LogP contribution is 2.18. The first-order valence-corrected chi connectivity index (χ1v) is 11.4. The van der Waals surface area contributed by atoms with Gasteiger partial charge in [-0.2, -0.15) is 0 Å². The van der Waals surface area contributed by atoms with Crippen LogP contribution in [-0.4, -0.2) is 54.6 Å². The summed E-state index contributed by atoms with van der Waals surface area (Å²) in [5.41, 5.74) is 0.489. The van der Waals surface area contributed by atoms with E-state index < -0.39 is 6.10 Å². The average molecular weight is 456 g/mol. The Hall–Kier alpha value is -2.28. The number of hydrogen-bond acceptors (Lipinski definition) is 6. The van der Waals surface area contributed by atoms with Crippen molar-refractivity contribution in [2.24, 2.45) is 0 Å². The summed E-state index contributed by atoms with van der Waals surface area (Å²) in [6.07, 6.45) is 3.32. The smallest absolute Gasteiger partial charge is 0.347 e. The van der Waals surface area contributed by atoms with Crippen LogP contribution in [-0.2, 0) is 19.1 Å². The summed E-state index contributed by atoms with van der Waals surface area (Å²) >= 11 is 5.97. The van der Waals surface area contributed by atoms with Gasteiger partial charge in [0.25, 0.3) is 5.91 Å². The SMILES string of the molecule is CCCC(Oc1ccc(C(=O)N(CCl)CCCCCC(=O)OCC)cc1)C(=O)OCC. The zero-order valence-corrected chi connectivity index (χ0v) is 19.5. The molecule has 0 spiro atoms. The van der Waals surface area contributed by atoms with Crippen LogP contribution < -0.4 is 4.74 Å². The number of carbonyl (C=O) groups excluding carboxylic acids is 3. The van der Waals surface area contributed by atoms with Gasteiger partial charge in [-0.3, -0.25) is 9.59 Å². The molecule has 0 aliphatic heterocycles. The maximum absolute atomic E-state index is 12.7. The lowest BCUT2D eigenvalue weighted by Gasteiger charge is -2.20. The maximum Gasteiger partial charge on any atom is 0.347 e. The van der Waals surface area contributed by atoms with Crippen molar-refractivity contribution in [1.29, 1.82) is 0 Å². The highest BCUT2D eigenvalue weighted by Gasteiger charge is 2.21. The van der Waals surface area contributed by atoms with E-state index in [0.29, 0.717) is 50.3 Å². The molecule has 0 heterocycles. The van der Waals surface area contributed by atoms with Crippen LogP contribution in [0.2, 0.25) is 0 Å². The first kappa shape index (κ1) is 26.8. The summed E-state index contributed by atoms with van der Waals surface area (Å²) in [5.74, 6) is -0.262. The molecule has 0 bridgehead atoms. The number of esters is 2. The van der Waals surface area contributed by atoms with Gasteiger partial charge in [-0.15, -0.1) is 11.6 Å². The summed E-state index contributed by atoms with van der Waals surface area (Å²) in [6, 6.07) is 6.73. The van der Waals surface area contributed by atoms with Crippen molar-refractivity contribution in [2.45, 2.75) is 65.4 Å². The molecule has 0 radical (unpaired) electrons. The standard InChI is InChI=1S/C23H34ClNO6/c1-4-10-20(23(28)30-6-3)31-19-14-12-18(13-15-19)22(27)25(17-24)16-9-7-8-11-21(26)29-5-2/h12-15,20H,4-11,16-17H2,1-3H3. The molecule has 31 heavy (non-hydrogen) atoms. The number of halogens is 1. The van der Waals surface area contributed by atoms with Crippen LogP contribution in [0.3, 0.4) is 0 Å². The largest absolute Gasteiger partial charge is 0.479 e. The van der Waals surface area contributed by atoms with Crippen LogP contribution in [0.5, 0.6) is 5.75 Å². The summed E-state index contributed by atoms with van der Waals surface area (Å²) in [5, 5.41) is 0. The first-order chi connectivity index (χ1) is 15.0. The molecule has 7 nitrogen and oxygen atoms in total. The van der Waals surface area contributed by atoms with Gasteiger partial charge in [0.1, 0.15) is 5.75 Å². The third kappa shape index (κ3) is 10.0. The van der Waals surface area contributed by atoms with Gasteiger partial charge >= 0.3 is 11.9 Å². The van der Waals surface area contributed by atoms with E-state index in [2.05, 4.69) is 0 Å². The van der Waals surface area contributed by atoms with Gasteiger partial charge in [-0.1, -0.05) is 19.8 Å². The number of hydrogen-bond donors (Lipinski definition) is 0. The van der Waals surface area contributed by atoms with E-state index in [1.807, 2.05) is 6.92 Å².